The van der Waals surface area contributed by atoms with Crippen molar-refractivity contribution in [2.75, 3.05) is 5.32 Å². The van der Waals surface area contributed by atoms with Gasteiger partial charge in [-0.25, -0.2) is 4.79 Å². The summed E-state index contributed by atoms with van der Waals surface area (Å²) in [6, 6.07) is 8.64. The molecular weight excluding hydrogens is 250 g/mol. The molecule has 3 rings (SSSR count). The Hall–Kier alpha value is -1.97. The van der Waals surface area contributed by atoms with Crippen molar-refractivity contribution in [3.63, 3.8) is 0 Å². The zero-order valence-corrected chi connectivity index (χ0v) is 11.8. The van der Waals surface area contributed by atoms with Crippen LogP contribution < -0.4 is 11.0 Å². The number of H-pyrrole nitrogens is 1. The van der Waals surface area contributed by atoms with Crippen molar-refractivity contribution in [1.29, 1.82) is 0 Å². The van der Waals surface area contributed by atoms with Crippen LogP contribution in [-0.4, -0.2) is 15.6 Å². The fourth-order valence-electron chi connectivity index (χ4n) is 2.88. The second kappa shape index (κ2) is 5.57. The predicted molar refractivity (Wildman–Crippen MR) is 81.4 cm³/mol. The highest BCUT2D eigenvalue weighted by molar-refractivity contribution is 5.49. The molecule has 4 heteroatoms. The summed E-state index contributed by atoms with van der Waals surface area (Å²) in [5.41, 5.74) is 1.92. The normalized spacial score (nSPS) is 22.6. The van der Waals surface area contributed by atoms with Gasteiger partial charge in [0.05, 0.1) is 5.69 Å². The standard InChI is InChI=1S/C16H21N3O/c1-12-2-4-13(5-3-12)18-14-6-8-15(9-7-14)19-11-10-17-16(19)20/h6-13,18H,2-5H2,1H3,(H,17,20). The first kappa shape index (κ1) is 13.0. The molecule has 0 aliphatic heterocycles. The van der Waals surface area contributed by atoms with Crippen molar-refractivity contribution in [1.82, 2.24) is 9.55 Å². The minimum absolute atomic E-state index is 0.105. The van der Waals surface area contributed by atoms with E-state index in [0.717, 1.165) is 17.3 Å². The molecule has 0 bridgehead atoms. The third-order valence-corrected chi connectivity index (χ3v) is 4.18. The lowest BCUT2D eigenvalue weighted by Gasteiger charge is -2.27. The van der Waals surface area contributed by atoms with Crippen molar-refractivity contribution >= 4 is 5.69 Å². The lowest BCUT2D eigenvalue weighted by atomic mass is 9.87. The Labute approximate surface area is 118 Å². The number of aromatic amines is 1. The molecule has 106 valence electrons. The fraction of sp³-hybridized carbons (Fsp3) is 0.438. The van der Waals surface area contributed by atoms with E-state index in [2.05, 4.69) is 17.2 Å². The van der Waals surface area contributed by atoms with Crippen molar-refractivity contribution in [3.8, 4) is 5.69 Å². The molecule has 4 nitrogen and oxygen atoms in total. The van der Waals surface area contributed by atoms with Gasteiger partial charge in [-0.1, -0.05) is 6.92 Å². The summed E-state index contributed by atoms with van der Waals surface area (Å²) in [5, 5.41) is 3.59. The van der Waals surface area contributed by atoms with Gasteiger partial charge in [-0.2, -0.15) is 0 Å². The monoisotopic (exact) mass is 271 g/mol. The lowest BCUT2D eigenvalue weighted by molar-refractivity contribution is 0.361. The van der Waals surface area contributed by atoms with E-state index in [4.69, 9.17) is 0 Å². The molecule has 1 heterocycles. The van der Waals surface area contributed by atoms with Crippen LogP contribution in [0.1, 0.15) is 32.6 Å². The molecule has 1 fully saturated rings. The van der Waals surface area contributed by atoms with Gasteiger partial charge in [-0.3, -0.25) is 4.57 Å². The van der Waals surface area contributed by atoms with Gasteiger partial charge in [0.1, 0.15) is 0 Å². The van der Waals surface area contributed by atoms with E-state index < -0.39 is 0 Å². The maximum atomic E-state index is 11.5. The molecule has 0 radical (unpaired) electrons. The summed E-state index contributed by atoms with van der Waals surface area (Å²) >= 11 is 0. The SMILES string of the molecule is CC1CCC(Nc2ccc(-n3cc[nH]c3=O)cc2)CC1. The minimum Gasteiger partial charge on any atom is -0.382 e. The quantitative estimate of drug-likeness (QED) is 0.901. The zero-order chi connectivity index (χ0) is 13.9. The molecule has 1 saturated carbocycles. The van der Waals surface area contributed by atoms with Crippen LogP contribution in [0, 0.1) is 5.92 Å². The van der Waals surface area contributed by atoms with Crippen molar-refractivity contribution in [2.45, 2.75) is 38.6 Å². The molecule has 2 N–H and O–H groups in total. The predicted octanol–water partition coefficient (Wildman–Crippen LogP) is 3.16. The fourth-order valence-corrected chi connectivity index (χ4v) is 2.88. The van der Waals surface area contributed by atoms with Gasteiger partial charge in [0.2, 0.25) is 0 Å². The molecule has 0 atom stereocenters. The first-order valence-electron chi connectivity index (χ1n) is 7.35. The van der Waals surface area contributed by atoms with E-state index in [1.165, 1.54) is 25.7 Å². The van der Waals surface area contributed by atoms with Crippen molar-refractivity contribution < 1.29 is 0 Å². The number of benzene rings is 1. The Kier molecular flexibility index (Phi) is 3.63. The van der Waals surface area contributed by atoms with Crippen LogP contribution in [0.2, 0.25) is 0 Å². The van der Waals surface area contributed by atoms with Crippen LogP contribution in [0.5, 0.6) is 0 Å². The van der Waals surface area contributed by atoms with Crippen LogP contribution in [0.25, 0.3) is 5.69 Å². The molecule has 1 aromatic carbocycles. The Morgan fingerprint density at radius 1 is 1.15 bits per heavy atom. The number of rotatable bonds is 3. The third-order valence-electron chi connectivity index (χ3n) is 4.18. The molecule has 0 unspecified atom stereocenters. The zero-order valence-electron chi connectivity index (χ0n) is 11.8. The summed E-state index contributed by atoms with van der Waals surface area (Å²) in [7, 11) is 0. The van der Waals surface area contributed by atoms with E-state index >= 15 is 0 Å². The Morgan fingerprint density at radius 2 is 1.85 bits per heavy atom. The number of anilines is 1. The summed E-state index contributed by atoms with van der Waals surface area (Å²) < 4.78 is 1.60. The van der Waals surface area contributed by atoms with Gasteiger partial charge in [0.25, 0.3) is 0 Å². The summed E-state index contributed by atoms with van der Waals surface area (Å²) in [6.07, 6.45) is 8.52. The van der Waals surface area contributed by atoms with Gasteiger partial charge in [-0.05, 0) is 55.9 Å². The molecular formula is C16H21N3O. The minimum atomic E-state index is -0.105. The summed E-state index contributed by atoms with van der Waals surface area (Å²) in [5.74, 6) is 0.871. The number of hydrogen-bond donors (Lipinski definition) is 2. The lowest BCUT2D eigenvalue weighted by Crippen LogP contribution is -2.25. The maximum absolute atomic E-state index is 11.5. The molecule has 0 saturated heterocycles. The molecule has 0 spiro atoms. The van der Waals surface area contributed by atoms with E-state index in [1.54, 1.807) is 17.0 Å². The van der Waals surface area contributed by atoms with Crippen LogP contribution >= 0.6 is 0 Å². The van der Waals surface area contributed by atoms with E-state index in [9.17, 15) is 4.79 Å². The Balaban J connectivity index is 1.68. The Morgan fingerprint density at radius 3 is 2.45 bits per heavy atom. The van der Waals surface area contributed by atoms with E-state index in [1.807, 2.05) is 24.3 Å². The van der Waals surface area contributed by atoms with Gasteiger partial charge in [0.15, 0.2) is 0 Å². The number of aromatic nitrogens is 2. The maximum Gasteiger partial charge on any atom is 0.330 e. The third kappa shape index (κ3) is 2.79. The molecule has 1 aromatic heterocycles. The first-order valence-corrected chi connectivity index (χ1v) is 7.35. The highest BCUT2D eigenvalue weighted by atomic mass is 16.1. The average molecular weight is 271 g/mol. The highest BCUT2D eigenvalue weighted by Gasteiger charge is 2.17. The topological polar surface area (TPSA) is 49.8 Å². The van der Waals surface area contributed by atoms with Crippen molar-refractivity contribution in [2.24, 2.45) is 5.92 Å². The average Bonchev–Trinajstić information content (AvgIpc) is 2.89. The molecule has 0 amide bonds. The second-order valence-corrected chi connectivity index (χ2v) is 5.78. The van der Waals surface area contributed by atoms with Crippen LogP contribution in [0.4, 0.5) is 5.69 Å². The molecule has 20 heavy (non-hydrogen) atoms. The van der Waals surface area contributed by atoms with Crippen LogP contribution in [-0.2, 0) is 0 Å². The van der Waals surface area contributed by atoms with Crippen molar-refractivity contribution in [3.05, 3.63) is 47.1 Å². The Bertz CT molecular complexity index is 603. The van der Waals surface area contributed by atoms with Gasteiger partial charge in [-0.15, -0.1) is 0 Å². The smallest absolute Gasteiger partial charge is 0.330 e. The first-order chi connectivity index (χ1) is 9.72. The second-order valence-electron chi connectivity index (χ2n) is 5.78. The molecule has 1 aliphatic rings. The van der Waals surface area contributed by atoms with E-state index in [0.29, 0.717) is 6.04 Å². The van der Waals surface area contributed by atoms with E-state index in [-0.39, 0.29) is 5.69 Å². The summed E-state index contributed by atoms with van der Waals surface area (Å²) in [4.78, 5) is 14.2. The number of nitrogens with zero attached hydrogens (tertiary/aromatic N) is 1. The van der Waals surface area contributed by atoms with Gasteiger partial charge in [0, 0.05) is 24.1 Å². The van der Waals surface area contributed by atoms with Gasteiger partial charge < -0.3 is 10.3 Å². The highest BCUT2D eigenvalue weighted by Crippen LogP contribution is 2.26. The largest absolute Gasteiger partial charge is 0.382 e. The number of nitrogens with one attached hydrogen (secondary N) is 2. The molecule has 1 aliphatic carbocycles. The number of hydrogen-bond acceptors (Lipinski definition) is 2. The van der Waals surface area contributed by atoms with Gasteiger partial charge >= 0.3 is 5.69 Å². The molecule has 2 aromatic rings. The summed E-state index contributed by atoms with van der Waals surface area (Å²) in [6.45, 7) is 2.33. The van der Waals surface area contributed by atoms with Crippen LogP contribution in [0.3, 0.4) is 0 Å². The number of imidazole rings is 1. The van der Waals surface area contributed by atoms with Crippen LogP contribution in [0.15, 0.2) is 41.5 Å².